The van der Waals surface area contributed by atoms with Gasteiger partial charge in [0.15, 0.2) is 6.10 Å². The zero-order chi connectivity index (χ0) is 50.0. The molecule has 0 unspecified atom stereocenters. The van der Waals surface area contributed by atoms with E-state index in [0.717, 1.165) is 103 Å². The Morgan fingerprint density at radius 2 is 0.565 bits per heavy atom. The van der Waals surface area contributed by atoms with Gasteiger partial charge in [0.05, 0.1) is 0 Å². The highest BCUT2D eigenvalue weighted by molar-refractivity contribution is 5.71. The molecular formula is C63H112O6. The Bertz CT molecular complexity index is 1250. The first kappa shape index (κ1) is 66.1. The van der Waals surface area contributed by atoms with Crippen molar-refractivity contribution >= 4 is 17.9 Å². The Morgan fingerprint density at radius 3 is 0.913 bits per heavy atom. The Labute approximate surface area is 428 Å². The lowest BCUT2D eigenvalue weighted by atomic mass is 10.0. The van der Waals surface area contributed by atoms with Gasteiger partial charge >= 0.3 is 17.9 Å². The third kappa shape index (κ3) is 55.9. The van der Waals surface area contributed by atoms with Crippen LogP contribution in [-0.2, 0) is 28.6 Å². The van der Waals surface area contributed by atoms with E-state index in [9.17, 15) is 14.4 Å². The van der Waals surface area contributed by atoms with Crippen LogP contribution in [0.5, 0.6) is 0 Å². The van der Waals surface area contributed by atoms with Crippen molar-refractivity contribution in [3.8, 4) is 0 Å². The van der Waals surface area contributed by atoms with Crippen LogP contribution in [0.25, 0.3) is 0 Å². The molecule has 0 aliphatic heterocycles. The summed E-state index contributed by atoms with van der Waals surface area (Å²) in [6.45, 7) is 6.52. The monoisotopic (exact) mass is 965 g/mol. The molecule has 0 bridgehead atoms. The van der Waals surface area contributed by atoms with Gasteiger partial charge < -0.3 is 14.2 Å². The first-order valence-corrected chi connectivity index (χ1v) is 29.8. The summed E-state index contributed by atoms with van der Waals surface area (Å²) in [5.74, 6) is -0.885. The number of allylic oxidation sites excluding steroid dienone is 10. The van der Waals surface area contributed by atoms with E-state index < -0.39 is 6.10 Å². The van der Waals surface area contributed by atoms with E-state index in [1.54, 1.807) is 0 Å². The fourth-order valence-corrected chi connectivity index (χ4v) is 8.55. The topological polar surface area (TPSA) is 78.9 Å². The lowest BCUT2D eigenvalue weighted by Gasteiger charge is -2.18. The normalized spacial score (nSPS) is 12.4. The van der Waals surface area contributed by atoms with Gasteiger partial charge in [-0.1, -0.05) is 261 Å². The van der Waals surface area contributed by atoms with E-state index in [4.69, 9.17) is 14.2 Å². The van der Waals surface area contributed by atoms with Crippen molar-refractivity contribution in [1.29, 1.82) is 0 Å². The molecule has 6 nitrogen and oxygen atoms in total. The first-order chi connectivity index (χ1) is 34.0. The molecule has 1 atom stereocenters. The van der Waals surface area contributed by atoms with Crippen LogP contribution in [0.15, 0.2) is 60.8 Å². The quantitative estimate of drug-likeness (QED) is 0.0262. The van der Waals surface area contributed by atoms with Crippen molar-refractivity contribution in [2.24, 2.45) is 0 Å². The highest BCUT2D eigenvalue weighted by Gasteiger charge is 2.19. The summed E-state index contributed by atoms with van der Waals surface area (Å²) in [6.07, 6.45) is 72.1. The lowest BCUT2D eigenvalue weighted by molar-refractivity contribution is -0.167. The van der Waals surface area contributed by atoms with Gasteiger partial charge in [-0.25, -0.2) is 0 Å². The Hall–Kier alpha value is -2.89. The maximum Gasteiger partial charge on any atom is 0.306 e. The van der Waals surface area contributed by atoms with E-state index in [0.29, 0.717) is 19.3 Å². The molecule has 0 heterocycles. The minimum atomic E-state index is -0.782. The average Bonchev–Trinajstić information content (AvgIpc) is 3.35. The van der Waals surface area contributed by atoms with Crippen LogP contribution < -0.4 is 0 Å². The van der Waals surface area contributed by atoms with Crippen LogP contribution in [-0.4, -0.2) is 37.2 Å². The third-order valence-electron chi connectivity index (χ3n) is 13.0. The second-order valence-electron chi connectivity index (χ2n) is 19.9. The highest BCUT2D eigenvalue weighted by atomic mass is 16.6. The smallest absolute Gasteiger partial charge is 0.306 e. The van der Waals surface area contributed by atoms with Gasteiger partial charge in [-0.15, -0.1) is 0 Å². The van der Waals surface area contributed by atoms with Gasteiger partial charge in [-0.05, 0) is 83.5 Å². The number of unbranched alkanes of at least 4 members (excludes halogenated alkanes) is 33. The van der Waals surface area contributed by atoms with Gasteiger partial charge in [0, 0.05) is 19.3 Å². The molecule has 0 rings (SSSR count). The fourth-order valence-electron chi connectivity index (χ4n) is 8.55. The van der Waals surface area contributed by atoms with Crippen LogP contribution in [0, 0.1) is 0 Å². The molecule has 0 radical (unpaired) electrons. The molecule has 69 heavy (non-hydrogen) atoms. The number of esters is 3. The molecule has 0 aromatic heterocycles. The van der Waals surface area contributed by atoms with Crippen LogP contribution in [0.1, 0.15) is 303 Å². The summed E-state index contributed by atoms with van der Waals surface area (Å²) in [7, 11) is 0. The maximum absolute atomic E-state index is 12.9. The molecule has 0 aliphatic carbocycles. The Kier molecular flexibility index (Phi) is 55.3. The second kappa shape index (κ2) is 57.7. The van der Waals surface area contributed by atoms with Crippen molar-refractivity contribution < 1.29 is 28.6 Å². The number of carbonyl (C=O) groups excluding carboxylic acids is 3. The Morgan fingerprint density at radius 1 is 0.304 bits per heavy atom. The number of hydrogen-bond donors (Lipinski definition) is 0. The minimum absolute atomic E-state index is 0.0795. The molecule has 0 aromatic carbocycles. The summed E-state index contributed by atoms with van der Waals surface area (Å²) in [5.41, 5.74) is 0. The molecule has 0 fully saturated rings. The van der Waals surface area contributed by atoms with Crippen molar-refractivity contribution in [1.82, 2.24) is 0 Å². The SMILES string of the molecule is CC/C=C\C/C=C\C/C=C\CCCCCCCC(=O)OC[C@H](COC(=O)CCCCCCCCCCC/C=C\C/C=C\CCCCC)OC(=O)CCCCCCCCCCCCCCCCCCC. The van der Waals surface area contributed by atoms with Gasteiger partial charge in [0.25, 0.3) is 0 Å². The zero-order valence-corrected chi connectivity index (χ0v) is 45.8. The van der Waals surface area contributed by atoms with Gasteiger partial charge in [0.2, 0.25) is 0 Å². The van der Waals surface area contributed by atoms with Crippen molar-refractivity contribution in [2.45, 2.75) is 309 Å². The number of ether oxygens (including phenoxy) is 3. The third-order valence-corrected chi connectivity index (χ3v) is 13.0. The maximum atomic E-state index is 12.9. The predicted molar refractivity (Wildman–Crippen MR) is 298 cm³/mol. The zero-order valence-electron chi connectivity index (χ0n) is 45.8. The molecular weight excluding hydrogens is 853 g/mol. The summed E-state index contributed by atoms with van der Waals surface area (Å²) in [6, 6.07) is 0. The molecule has 0 aliphatic rings. The first-order valence-electron chi connectivity index (χ1n) is 29.8. The van der Waals surface area contributed by atoms with Crippen molar-refractivity contribution in [3.05, 3.63) is 60.8 Å². The molecule has 0 spiro atoms. The van der Waals surface area contributed by atoms with Gasteiger partial charge in [-0.3, -0.25) is 14.4 Å². The molecule has 0 aromatic rings. The number of rotatable bonds is 54. The summed E-state index contributed by atoms with van der Waals surface area (Å²) in [4.78, 5) is 38.2. The van der Waals surface area contributed by atoms with Gasteiger partial charge in [0.1, 0.15) is 13.2 Å². The van der Waals surface area contributed by atoms with Gasteiger partial charge in [-0.2, -0.15) is 0 Å². The van der Waals surface area contributed by atoms with Crippen LogP contribution in [0.2, 0.25) is 0 Å². The predicted octanol–water partition coefficient (Wildman–Crippen LogP) is 20.0. The second-order valence-corrected chi connectivity index (χ2v) is 19.9. The molecule has 0 N–H and O–H groups in total. The largest absolute Gasteiger partial charge is 0.462 e. The lowest BCUT2D eigenvalue weighted by Crippen LogP contribution is -2.30. The minimum Gasteiger partial charge on any atom is -0.462 e. The van der Waals surface area contributed by atoms with E-state index >= 15 is 0 Å². The van der Waals surface area contributed by atoms with E-state index in [2.05, 4.69) is 81.5 Å². The van der Waals surface area contributed by atoms with Crippen molar-refractivity contribution in [3.63, 3.8) is 0 Å². The van der Waals surface area contributed by atoms with E-state index in [-0.39, 0.29) is 31.1 Å². The molecule has 0 saturated heterocycles. The fraction of sp³-hybridized carbons (Fsp3) is 0.794. The molecule has 6 heteroatoms. The van der Waals surface area contributed by atoms with Crippen molar-refractivity contribution in [2.75, 3.05) is 13.2 Å². The van der Waals surface area contributed by atoms with E-state index in [1.165, 1.54) is 161 Å². The average molecular weight is 966 g/mol. The van der Waals surface area contributed by atoms with E-state index in [1.807, 2.05) is 0 Å². The number of hydrogen-bond acceptors (Lipinski definition) is 6. The Balaban J connectivity index is 4.37. The van der Waals surface area contributed by atoms with Crippen LogP contribution in [0.4, 0.5) is 0 Å². The molecule has 0 saturated carbocycles. The summed E-state index contributed by atoms with van der Waals surface area (Å²) >= 11 is 0. The molecule has 400 valence electrons. The van der Waals surface area contributed by atoms with Crippen LogP contribution >= 0.6 is 0 Å². The molecule has 0 amide bonds. The standard InChI is InChI=1S/C63H112O6/c1-4-7-10-13-16-19-22-25-28-30-31-33-35-38-41-44-47-50-53-56-62(65)68-59-60(58-67-61(64)55-52-49-46-43-40-37-34-27-24-21-18-15-12-9-6-3)69-63(66)57-54-51-48-45-42-39-36-32-29-26-23-20-17-14-11-8-5-2/h9,12,16,18-19,21,25,27-28,34,60H,4-8,10-11,13-15,17,20,22-24,26,29-33,35-59H2,1-3H3/b12-9-,19-16-,21-18-,28-25-,34-27-/t60-/m1/s1. The highest BCUT2D eigenvalue weighted by Crippen LogP contribution is 2.16. The summed E-state index contributed by atoms with van der Waals surface area (Å²) in [5, 5.41) is 0. The van der Waals surface area contributed by atoms with Crippen LogP contribution in [0.3, 0.4) is 0 Å². The number of carbonyl (C=O) groups is 3. The summed E-state index contributed by atoms with van der Waals surface area (Å²) < 4.78 is 16.9.